The molecule has 8 heteroatoms. The summed E-state index contributed by atoms with van der Waals surface area (Å²) < 4.78 is 67.8. The molecular weight excluding hydrogens is 499 g/mol. The fourth-order valence-electron chi connectivity index (χ4n) is 5.23. The Labute approximate surface area is 219 Å². The van der Waals surface area contributed by atoms with Crippen LogP contribution in [0.25, 0.3) is 0 Å². The Morgan fingerprint density at radius 3 is 2.32 bits per heavy atom. The minimum atomic E-state index is -4.46. The second kappa shape index (κ2) is 11.6. The van der Waals surface area contributed by atoms with E-state index in [-0.39, 0.29) is 29.5 Å². The molecule has 1 aliphatic rings. The zero-order valence-electron chi connectivity index (χ0n) is 21.4. The van der Waals surface area contributed by atoms with E-state index < -0.39 is 17.6 Å². The standard InChI is InChI=1S/C30H31F5N2O/c1-20(2)15-37(29(38)22-9-11-26(31)12-10-22)18-24-17-36(16-21-5-3-8-27(32)13-21)19-28(24)23-6-4-7-25(14-23)30(33,34)35/h3-14,20,24,28H,15-19H2,1-2H3/t24-,28+/m1/s1. The molecule has 1 aliphatic heterocycles. The number of hydrogen-bond acceptors (Lipinski definition) is 2. The van der Waals surface area contributed by atoms with Gasteiger partial charge < -0.3 is 4.90 Å². The zero-order chi connectivity index (χ0) is 27.4. The van der Waals surface area contributed by atoms with Crippen molar-refractivity contribution in [1.82, 2.24) is 9.80 Å². The number of carbonyl (C=O) groups excluding carboxylic acids is 1. The molecule has 3 aromatic rings. The Morgan fingerprint density at radius 1 is 0.947 bits per heavy atom. The third kappa shape index (κ3) is 6.98. The fraction of sp³-hybridized carbons (Fsp3) is 0.367. The van der Waals surface area contributed by atoms with Crippen molar-refractivity contribution in [2.75, 3.05) is 26.2 Å². The fourth-order valence-corrected chi connectivity index (χ4v) is 5.23. The summed E-state index contributed by atoms with van der Waals surface area (Å²) in [5, 5.41) is 0. The molecule has 0 bridgehead atoms. The minimum absolute atomic E-state index is 0.149. The highest BCUT2D eigenvalue weighted by molar-refractivity contribution is 5.94. The van der Waals surface area contributed by atoms with Crippen LogP contribution < -0.4 is 0 Å². The highest BCUT2D eigenvalue weighted by Gasteiger charge is 2.38. The van der Waals surface area contributed by atoms with Crippen LogP contribution in [0.15, 0.2) is 72.8 Å². The van der Waals surface area contributed by atoms with E-state index >= 15 is 0 Å². The first kappa shape index (κ1) is 27.8. The van der Waals surface area contributed by atoms with Gasteiger partial charge in [-0.15, -0.1) is 0 Å². The molecule has 0 aliphatic carbocycles. The number of carbonyl (C=O) groups is 1. The number of rotatable bonds is 8. The van der Waals surface area contributed by atoms with Crippen LogP contribution in [0.2, 0.25) is 0 Å². The summed E-state index contributed by atoms with van der Waals surface area (Å²) in [5.74, 6) is -1.30. The Morgan fingerprint density at radius 2 is 1.66 bits per heavy atom. The third-order valence-corrected chi connectivity index (χ3v) is 6.87. The summed E-state index contributed by atoms with van der Waals surface area (Å²) in [6, 6.07) is 17.0. The van der Waals surface area contributed by atoms with E-state index in [2.05, 4.69) is 4.90 Å². The van der Waals surface area contributed by atoms with Crippen LogP contribution in [-0.4, -0.2) is 41.9 Å². The smallest absolute Gasteiger partial charge is 0.338 e. The van der Waals surface area contributed by atoms with Crippen LogP contribution in [0, 0.1) is 23.5 Å². The molecule has 0 N–H and O–H groups in total. The lowest BCUT2D eigenvalue weighted by Gasteiger charge is -2.30. The van der Waals surface area contributed by atoms with Crippen LogP contribution in [0.1, 0.15) is 46.8 Å². The van der Waals surface area contributed by atoms with Gasteiger partial charge in [-0.25, -0.2) is 8.78 Å². The predicted molar refractivity (Wildman–Crippen MR) is 136 cm³/mol. The van der Waals surface area contributed by atoms with Gasteiger partial charge in [-0.05, 0) is 65.4 Å². The molecule has 1 fully saturated rings. The van der Waals surface area contributed by atoms with Crippen molar-refractivity contribution in [2.45, 2.75) is 32.5 Å². The molecule has 1 amide bonds. The Balaban J connectivity index is 1.63. The van der Waals surface area contributed by atoms with Gasteiger partial charge in [0.1, 0.15) is 11.6 Å². The number of hydrogen-bond donors (Lipinski definition) is 0. The first-order valence-electron chi connectivity index (χ1n) is 12.7. The average molecular weight is 531 g/mol. The van der Waals surface area contributed by atoms with Crippen LogP contribution in [0.3, 0.4) is 0 Å². The largest absolute Gasteiger partial charge is 0.416 e. The number of benzene rings is 3. The van der Waals surface area contributed by atoms with Gasteiger partial charge in [0.2, 0.25) is 0 Å². The van der Waals surface area contributed by atoms with Crippen LogP contribution in [0.4, 0.5) is 22.0 Å². The monoisotopic (exact) mass is 530 g/mol. The first-order valence-corrected chi connectivity index (χ1v) is 12.7. The van der Waals surface area contributed by atoms with Crippen molar-refractivity contribution in [3.8, 4) is 0 Å². The SMILES string of the molecule is CC(C)CN(C[C@H]1CN(Cc2cccc(F)c2)C[C@H]1c1cccc(C(F)(F)F)c1)C(=O)c1ccc(F)cc1. The van der Waals surface area contributed by atoms with Gasteiger partial charge >= 0.3 is 6.18 Å². The van der Waals surface area contributed by atoms with E-state index in [4.69, 9.17) is 0 Å². The van der Waals surface area contributed by atoms with Crippen molar-refractivity contribution in [3.05, 3.63) is 107 Å². The molecule has 38 heavy (non-hydrogen) atoms. The second-order valence-corrected chi connectivity index (χ2v) is 10.4. The summed E-state index contributed by atoms with van der Waals surface area (Å²) in [6.45, 7) is 6.20. The molecule has 0 unspecified atom stereocenters. The Bertz CT molecular complexity index is 1240. The normalized spacial score (nSPS) is 18.2. The lowest BCUT2D eigenvalue weighted by Crippen LogP contribution is -2.39. The second-order valence-electron chi connectivity index (χ2n) is 10.4. The topological polar surface area (TPSA) is 23.6 Å². The van der Waals surface area contributed by atoms with E-state index in [9.17, 15) is 26.7 Å². The molecule has 1 heterocycles. The van der Waals surface area contributed by atoms with Gasteiger partial charge in [-0.3, -0.25) is 9.69 Å². The molecule has 3 nitrogen and oxygen atoms in total. The molecule has 4 rings (SSSR count). The number of halogens is 5. The molecule has 3 aromatic carbocycles. The quantitative estimate of drug-likeness (QED) is 0.293. The van der Waals surface area contributed by atoms with Crippen LogP contribution in [-0.2, 0) is 12.7 Å². The Kier molecular flexibility index (Phi) is 8.51. The van der Waals surface area contributed by atoms with Gasteiger partial charge in [0.15, 0.2) is 0 Å². The summed E-state index contributed by atoms with van der Waals surface area (Å²) >= 11 is 0. The maximum atomic E-state index is 13.8. The Hall–Kier alpha value is -3.26. The number of nitrogens with zero attached hydrogens (tertiary/aromatic N) is 2. The van der Waals surface area contributed by atoms with E-state index in [0.717, 1.165) is 11.6 Å². The van der Waals surface area contributed by atoms with Crippen LogP contribution >= 0.6 is 0 Å². The van der Waals surface area contributed by atoms with E-state index in [1.165, 1.54) is 48.5 Å². The summed E-state index contributed by atoms with van der Waals surface area (Å²) in [4.78, 5) is 17.2. The van der Waals surface area contributed by atoms with Crippen molar-refractivity contribution >= 4 is 5.91 Å². The number of amides is 1. The molecule has 2 atom stereocenters. The summed E-state index contributed by atoms with van der Waals surface area (Å²) in [5.41, 5.74) is 0.983. The average Bonchev–Trinajstić information content (AvgIpc) is 3.25. The van der Waals surface area contributed by atoms with Crippen molar-refractivity contribution in [1.29, 1.82) is 0 Å². The van der Waals surface area contributed by atoms with Crippen molar-refractivity contribution in [2.24, 2.45) is 11.8 Å². The van der Waals surface area contributed by atoms with Gasteiger partial charge in [0.25, 0.3) is 5.91 Å². The van der Waals surface area contributed by atoms with Gasteiger partial charge in [0.05, 0.1) is 5.56 Å². The summed E-state index contributed by atoms with van der Waals surface area (Å²) in [7, 11) is 0. The maximum absolute atomic E-state index is 13.8. The maximum Gasteiger partial charge on any atom is 0.416 e. The van der Waals surface area contributed by atoms with E-state index in [1.807, 2.05) is 19.9 Å². The van der Waals surface area contributed by atoms with E-state index in [0.29, 0.717) is 43.9 Å². The lowest BCUT2D eigenvalue weighted by atomic mass is 9.87. The van der Waals surface area contributed by atoms with Gasteiger partial charge in [-0.2, -0.15) is 13.2 Å². The number of likely N-dealkylation sites (tertiary alicyclic amines) is 1. The molecule has 0 radical (unpaired) electrons. The zero-order valence-corrected chi connectivity index (χ0v) is 21.4. The molecule has 1 saturated heterocycles. The highest BCUT2D eigenvalue weighted by Crippen LogP contribution is 2.37. The highest BCUT2D eigenvalue weighted by atomic mass is 19.4. The molecule has 202 valence electrons. The van der Waals surface area contributed by atoms with Gasteiger partial charge in [0, 0.05) is 44.2 Å². The molecule has 0 spiro atoms. The van der Waals surface area contributed by atoms with E-state index in [1.54, 1.807) is 17.0 Å². The summed E-state index contributed by atoms with van der Waals surface area (Å²) in [6.07, 6.45) is -4.46. The molecular formula is C30H31F5N2O. The third-order valence-electron chi connectivity index (χ3n) is 6.87. The number of alkyl halides is 3. The molecule has 0 aromatic heterocycles. The van der Waals surface area contributed by atoms with Crippen molar-refractivity contribution < 1.29 is 26.7 Å². The minimum Gasteiger partial charge on any atom is -0.338 e. The van der Waals surface area contributed by atoms with Crippen LogP contribution in [0.5, 0.6) is 0 Å². The lowest BCUT2D eigenvalue weighted by molar-refractivity contribution is -0.137. The van der Waals surface area contributed by atoms with Gasteiger partial charge in [-0.1, -0.05) is 44.2 Å². The first-order chi connectivity index (χ1) is 18.0. The van der Waals surface area contributed by atoms with Crippen molar-refractivity contribution in [3.63, 3.8) is 0 Å². The molecule has 0 saturated carbocycles. The predicted octanol–water partition coefficient (Wildman–Crippen LogP) is 7.00.